The van der Waals surface area contributed by atoms with Gasteiger partial charge in [-0.2, -0.15) is 0 Å². The van der Waals surface area contributed by atoms with Crippen LogP contribution in [0, 0.1) is 0 Å². The van der Waals surface area contributed by atoms with Crippen molar-refractivity contribution < 1.29 is 28.9 Å². The van der Waals surface area contributed by atoms with Gasteiger partial charge in [-0.15, -0.1) is 0 Å². The van der Waals surface area contributed by atoms with Gasteiger partial charge in [-0.05, 0) is 66.1 Å². The van der Waals surface area contributed by atoms with Crippen LogP contribution >= 0.6 is 11.3 Å². The smallest absolute Gasteiger partial charge is 0.301 e. The minimum Gasteiger partial charge on any atom is -0.507 e. The van der Waals surface area contributed by atoms with Gasteiger partial charge < -0.3 is 19.3 Å². The van der Waals surface area contributed by atoms with E-state index < -0.39 is 17.7 Å². The molecule has 1 amide bonds. The summed E-state index contributed by atoms with van der Waals surface area (Å²) in [5.74, 6) is -0.337. The van der Waals surface area contributed by atoms with E-state index in [1.165, 1.54) is 30.5 Å². The number of ether oxygens (including phenoxy) is 3. The highest BCUT2D eigenvalue weighted by molar-refractivity contribution is 7.22. The molecular formula is C29H26N2O6S. The van der Waals surface area contributed by atoms with Crippen LogP contribution in [-0.4, -0.2) is 43.1 Å². The summed E-state index contributed by atoms with van der Waals surface area (Å²) in [6.45, 7) is 2.07. The van der Waals surface area contributed by atoms with Gasteiger partial charge in [0.05, 0.1) is 43.2 Å². The number of aliphatic hydroxyl groups is 1. The number of thiazole rings is 1. The lowest BCUT2D eigenvalue weighted by Gasteiger charge is -2.23. The molecule has 0 radical (unpaired) electrons. The normalized spacial score (nSPS) is 16.7. The van der Waals surface area contributed by atoms with Crippen LogP contribution in [0.15, 0.2) is 66.2 Å². The number of ketones is 1. The summed E-state index contributed by atoms with van der Waals surface area (Å²) in [7, 11) is 4.58. The van der Waals surface area contributed by atoms with E-state index >= 15 is 0 Å². The molecule has 1 aliphatic heterocycles. The van der Waals surface area contributed by atoms with E-state index in [4.69, 9.17) is 19.2 Å². The number of methoxy groups -OCH3 is 3. The van der Waals surface area contributed by atoms with E-state index in [0.29, 0.717) is 33.5 Å². The summed E-state index contributed by atoms with van der Waals surface area (Å²) in [5, 5.41) is 11.7. The first-order chi connectivity index (χ1) is 18.4. The molecule has 1 N–H and O–H groups in total. The first-order valence-corrected chi connectivity index (χ1v) is 12.8. The number of carbonyl (C=O) groups is 2. The summed E-state index contributed by atoms with van der Waals surface area (Å²) < 4.78 is 17.0. The first kappa shape index (κ1) is 25.3. The number of benzene rings is 3. The minimum absolute atomic E-state index is 0.0408. The van der Waals surface area contributed by atoms with Crippen molar-refractivity contribution in [3.8, 4) is 17.2 Å². The molecule has 1 aliphatic rings. The van der Waals surface area contributed by atoms with Crippen molar-refractivity contribution in [2.24, 2.45) is 0 Å². The van der Waals surface area contributed by atoms with Crippen molar-refractivity contribution in [3.05, 3.63) is 82.9 Å². The molecule has 194 valence electrons. The average molecular weight is 531 g/mol. The molecule has 1 atom stereocenters. The Labute approximate surface area is 223 Å². The zero-order valence-corrected chi connectivity index (χ0v) is 22.2. The van der Waals surface area contributed by atoms with Gasteiger partial charge in [-0.3, -0.25) is 14.5 Å². The lowest BCUT2D eigenvalue weighted by atomic mass is 9.95. The molecule has 3 aromatic carbocycles. The van der Waals surface area contributed by atoms with Crippen LogP contribution in [0.3, 0.4) is 0 Å². The fourth-order valence-electron chi connectivity index (χ4n) is 4.55. The highest BCUT2D eigenvalue weighted by atomic mass is 32.1. The minimum atomic E-state index is -0.942. The number of rotatable bonds is 7. The van der Waals surface area contributed by atoms with Crippen molar-refractivity contribution in [2.75, 3.05) is 26.2 Å². The molecule has 2 heterocycles. The number of nitrogens with zero attached hydrogens (tertiary/aromatic N) is 2. The Morgan fingerprint density at radius 3 is 2.34 bits per heavy atom. The second-order valence-electron chi connectivity index (χ2n) is 8.66. The molecule has 8 nitrogen and oxygen atoms in total. The van der Waals surface area contributed by atoms with Crippen LogP contribution in [0.1, 0.15) is 29.7 Å². The average Bonchev–Trinajstić information content (AvgIpc) is 3.49. The Morgan fingerprint density at radius 2 is 1.68 bits per heavy atom. The molecule has 9 heteroatoms. The molecule has 1 saturated heterocycles. The number of aryl methyl sites for hydroxylation is 1. The molecule has 0 bridgehead atoms. The van der Waals surface area contributed by atoms with Gasteiger partial charge in [0, 0.05) is 5.56 Å². The van der Waals surface area contributed by atoms with Gasteiger partial charge in [0.2, 0.25) is 0 Å². The number of Topliss-reactive ketones (excluding diaryl/α,β-unsaturated/α-hetero) is 1. The third kappa shape index (κ3) is 4.24. The summed E-state index contributed by atoms with van der Waals surface area (Å²) in [5.41, 5.74) is 2.77. The second kappa shape index (κ2) is 10.2. The molecular weight excluding hydrogens is 504 g/mol. The number of carbonyl (C=O) groups excluding carboxylic acids is 2. The Hall–Kier alpha value is -4.37. The van der Waals surface area contributed by atoms with Crippen LogP contribution in [-0.2, 0) is 16.0 Å². The van der Waals surface area contributed by atoms with Crippen LogP contribution in [0.4, 0.5) is 5.13 Å². The number of aromatic nitrogens is 1. The summed E-state index contributed by atoms with van der Waals surface area (Å²) in [6, 6.07) is 16.8. The highest BCUT2D eigenvalue weighted by Gasteiger charge is 2.48. The maximum atomic E-state index is 13.5. The zero-order valence-electron chi connectivity index (χ0n) is 21.3. The van der Waals surface area contributed by atoms with E-state index in [1.807, 2.05) is 18.2 Å². The second-order valence-corrected chi connectivity index (χ2v) is 9.67. The standard InChI is InChI=1S/C29H26N2O6S/c1-5-16-6-12-20-23(14-16)38-29(30-20)31-25(18-9-13-21(36-3)22(15-18)37-4)24(27(33)28(31)34)26(32)17-7-10-19(35-2)11-8-17/h6-15,25,32H,5H2,1-4H3/t25-/m1/s1. The van der Waals surface area contributed by atoms with Gasteiger partial charge >= 0.3 is 5.91 Å². The van der Waals surface area contributed by atoms with Crippen molar-refractivity contribution in [1.29, 1.82) is 0 Å². The maximum Gasteiger partial charge on any atom is 0.301 e. The fourth-order valence-corrected chi connectivity index (χ4v) is 5.61. The van der Waals surface area contributed by atoms with Crippen molar-refractivity contribution >= 4 is 44.1 Å². The number of hydrogen-bond donors (Lipinski definition) is 1. The van der Waals surface area contributed by atoms with Gasteiger partial charge in [0.15, 0.2) is 16.6 Å². The first-order valence-electron chi connectivity index (χ1n) is 12.0. The summed E-state index contributed by atoms with van der Waals surface area (Å²) in [4.78, 5) is 33.1. The third-order valence-electron chi connectivity index (χ3n) is 6.59. The number of amides is 1. The van der Waals surface area contributed by atoms with Gasteiger partial charge in [0.1, 0.15) is 11.5 Å². The molecule has 5 rings (SSSR count). The number of anilines is 1. The van der Waals surface area contributed by atoms with Crippen LogP contribution in [0.5, 0.6) is 17.2 Å². The summed E-state index contributed by atoms with van der Waals surface area (Å²) >= 11 is 1.33. The third-order valence-corrected chi connectivity index (χ3v) is 7.60. The topological polar surface area (TPSA) is 98.2 Å². The molecule has 0 spiro atoms. The maximum absolute atomic E-state index is 13.5. The van der Waals surface area contributed by atoms with E-state index in [0.717, 1.165) is 22.2 Å². The van der Waals surface area contributed by atoms with E-state index in [1.54, 1.807) is 49.6 Å². The Balaban J connectivity index is 1.72. The Bertz CT molecular complexity index is 1570. The quantitative estimate of drug-likeness (QED) is 0.191. The largest absolute Gasteiger partial charge is 0.507 e. The van der Waals surface area contributed by atoms with E-state index in [2.05, 4.69) is 6.92 Å². The van der Waals surface area contributed by atoms with Gasteiger partial charge in [0.25, 0.3) is 5.78 Å². The van der Waals surface area contributed by atoms with Crippen molar-refractivity contribution in [2.45, 2.75) is 19.4 Å². The molecule has 0 saturated carbocycles. The fraction of sp³-hybridized carbons (Fsp3) is 0.207. The lowest BCUT2D eigenvalue weighted by Crippen LogP contribution is -2.29. The van der Waals surface area contributed by atoms with Gasteiger partial charge in [-0.1, -0.05) is 30.4 Å². The predicted molar refractivity (Wildman–Crippen MR) is 146 cm³/mol. The molecule has 1 fully saturated rings. The van der Waals surface area contributed by atoms with Crippen molar-refractivity contribution in [3.63, 3.8) is 0 Å². The van der Waals surface area contributed by atoms with E-state index in [-0.39, 0.29) is 11.3 Å². The lowest BCUT2D eigenvalue weighted by molar-refractivity contribution is -0.132. The monoisotopic (exact) mass is 530 g/mol. The molecule has 1 aromatic heterocycles. The summed E-state index contributed by atoms with van der Waals surface area (Å²) in [6.07, 6.45) is 0.862. The van der Waals surface area contributed by atoms with Gasteiger partial charge in [-0.25, -0.2) is 4.98 Å². The van der Waals surface area contributed by atoms with Crippen LogP contribution < -0.4 is 19.1 Å². The van der Waals surface area contributed by atoms with Crippen molar-refractivity contribution in [1.82, 2.24) is 4.98 Å². The number of fused-ring (bicyclic) bond motifs is 1. The van der Waals surface area contributed by atoms with E-state index in [9.17, 15) is 14.7 Å². The van der Waals surface area contributed by atoms with Crippen LogP contribution in [0.25, 0.3) is 16.0 Å². The van der Waals surface area contributed by atoms with Crippen LogP contribution in [0.2, 0.25) is 0 Å². The predicted octanol–water partition coefficient (Wildman–Crippen LogP) is 5.51. The Kier molecular flexibility index (Phi) is 6.77. The highest BCUT2D eigenvalue weighted by Crippen LogP contribution is 2.46. The number of aliphatic hydroxyl groups excluding tert-OH is 1. The molecule has 4 aromatic rings. The molecule has 0 aliphatic carbocycles. The Morgan fingerprint density at radius 1 is 0.947 bits per heavy atom. The number of hydrogen-bond acceptors (Lipinski definition) is 8. The zero-order chi connectivity index (χ0) is 27.0. The molecule has 38 heavy (non-hydrogen) atoms. The SMILES string of the molecule is CCc1ccc2nc(N3C(=O)C(=O)C(=C(O)c4ccc(OC)cc4)[C@H]3c3ccc(OC)c(OC)c3)sc2c1. The molecule has 0 unspecified atom stereocenters.